The van der Waals surface area contributed by atoms with Crippen molar-refractivity contribution in [2.75, 3.05) is 6.61 Å². The highest BCUT2D eigenvalue weighted by Gasteiger charge is 2.18. The van der Waals surface area contributed by atoms with Crippen LogP contribution < -0.4 is 15.0 Å². The molecule has 0 radical (unpaired) electrons. The molecule has 0 heterocycles. The van der Waals surface area contributed by atoms with E-state index in [0.717, 1.165) is 12.0 Å². The number of aryl methyl sites for hydroxylation is 2. The molecule has 0 saturated heterocycles. The number of rotatable bonds is 8. The van der Waals surface area contributed by atoms with Crippen molar-refractivity contribution >= 4 is 15.9 Å². The quantitative estimate of drug-likeness (QED) is 0.677. The van der Waals surface area contributed by atoms with Crippen LogP contribution in [0.5, 0.6) is 5.75 Å². The molecule has 0 spiro atoms. The zero-order chi connectivity index (χ0) is 20.0. The smallest absolute Gasteiger partial charge is 0.266 e. The Bertz CT molecular complexity index is 891. The first-order chi connectivity index (χ1) is 12.7. The average Bonchev–Trinajstić information content (AvgIpc) is 2.59. The Morgan fingerprint density at radius 3 is 2.33 bits per heavy atom. The van der Waals surface area contributed by atoms with Crippen molar-refractivity contribution < 1.29 is 17.9 Å². The molecule has 27 heavy (non-hydrogen) atoms. The minimum absolute atomic E-state index is 0.127. The molecular weight excluding hydrogens is 364 g/mol. The predicted octanol–water partition coefficient (Wildman–Crippen LogP) is 3.35. The summed E-state index contributed by atoms with van der Waals surface area (Å²) in [6.45, 7) is 8.45. The third kappa shape index (κ3) is 6.08. The van der Waals surface area contributed by atoms with E-state index < -0.39 is 15.9 Å². The Morgan fingerprint density at radius 1 is 1.07 bits per heavy atom. The number of ether oxygens (including phenoxy) is 1. The first kappa shape index (κ1) is 20.9. The Morgan fingerprint density at radius 2 is 1.74 bits per heavy atom. The van der Waals surface area contributed by atoms with E-state index in [9.17, 15) is 13.2 Å². The van der Waals surface area contributed by atoms with Gasteiger partial charge in [-0.1, -0.05) is 31.5 Å². The number of nitrogens with one attached hydrogen (secondary N) is 2. The summed E-state index contributed by atoms with van der Waals surface area (Å²) in [6.07, 6.45) is 0.947. The maximum absolute atomic E-state index is 12.4. The highest BCUT2D eigenvalue weighted by Crippen LogP contribution is 2.16. The molecule has 0 fully saturated rings. The number of hydrogen-bond acceptors (Lipinski definition) is 4. The highest BCUT2D eigenvalue weighted by atomic mass is 32.2. The molecule has 0 aliphatic heterocycles. The van der Waals surface area contributed by atoms with Gasteiger partial charge in [-0.05, 0) is 62.1 Å². The summed E-state index contributed by atoms with van der Waals surface area (Å²) in [7, 11) is -3.85. The lowest BCUT2D eigenvalue weighted by Crippen LogP contribution is -2.41. The fourth-order valence-corrected chi connectivity index (χ4v) is 3.52. The van der Waals surface area contributed by atoms with Crippen LogP contribution in [0.1, 0.15) is 41.8 Å². The van der Waals surface area contributed by atoms with Crippen molar-refractivity contribution in [1.82, 2.24) is 10.3 Å². The molecule has 0 atom stereocenters. The maximum Gasteiger partial charge on any atom is 0.266 e. The molecule has 2 aromatic carbocycles. The third-order valence-corrected chi connectivity index (χ3v) is 5.41. The Kier molecular flexibility index (Phi) is 6.98. The summed E-state index contributed by atoms with van der Waals surface area (Å²) < 4.78 is 30.4. The van der Waals surface area contributed by atoms with Gasteiger partial charge in [0.1, 0.15) is 5.75 Å². The Labute approximate surface area is 161 Å². The minimum Gasteiger partial charge on any atom is -0.494 e. The van der Waals surface area contributed by atoms with Crippen molar-refractivity contribution in [3.05, 3.63) is 59.2 Å². The van der Waals surface area contributed by atoms with Crippen LogP contribution in [0.15, 0.2) is 47.4 Å². The van der Waals surface area contributed by atoms with E-state index in [1.807, 2.05) is 6.92 Å². The molecule has 0 bridgehead atoms. The van der Waals surface area contributed by atoms with Gasteiger partial charge in [-0.25, -0.2) is 8.42 Å². The summed E-state index contributed by atoms with van der Waals surface area (Å²) in [5, 5.41) is 0. The van der Waals surface area contributed by atoms with Gasteiger partial charge in [-0.3, -0.25) is 10.2 Å². The molecular formula is C20H26N2O4S. The van der Waals surface area contributed by atoms with Crippen molar-refractivity contribution in [2.24, 2.45) is 5.92 Å². The first-order valence-electron chi connectivity index (χ1n) is 8.81. The van der Waals surface area contributed by atoms with Gasteiger partial charge in [0.2, 0.25) is 0 Å². The molecule has 1 amide bonds. The minimum atomic E-state index is -3.85. The molecule has 0 saturated carbocycles. The van der Waals surface area contributed by atoms with Crippen LogP contribution in [-0.4, -0.2) is 20.9 Å². The van der Waals surface area contributed by atoms with Crippen LogP contribution in [0, 0.1) is 19.8 Å². The number of hydrogen-bond donors (Lipinski definition) is 2. The first-order valence-corrected chi connectivity index (χ1v) is 10.3. The monoisotopic (exact) mass is 390 g/mol. The van der Waals surface area contributed by atoms with Crippen LogP contribution in [0.2, 0.25) is 0 Å². The zero-order valence-corrected chi connectivity index (χ0v) is 16.9. The standard InChI is InChI=1S/C20H26N2O4S/c1-14(2)11-12-26-18-8-6-17(7-9-18)20(23)21-22-27(24,25)19-10-5-15(3)13-16(19)4/h5-10,13-14,22H,11-12H2,1-4H3,(H,21,23). The largest absolute Gasteiger partial charge is 0.494 e. The van der Waals surface area contributed by atoms with Gasteiger partial charge >= 0.3 is 0 Å². The van der Waals surface area contributed by atoms with Gasteiger partial charge in [0.15, 0.2) is 0 Å². The third-order valence-electron chi connectivity index (χ3n) is 4.00. The topological polar surface area (TPSA) is 84.5 Å². The van der Waals surface area contributed by atoms with Crippen molar-refractivity contribution in [1.29, 1.82) is 0 Å². The summed E-state index contributed by atoms with van der Waals surface area (Å²) in [5.74, 6) is 0.681. The number of carbonyl (C=O) groups is 1. The number of amides is 1. The SMILES string of the molecule is Cc1ccc(S(=O)(=O)NNC(=O)c2ccc(OCCC(C)C)cc2)c(C)c1. The molecule has 0 aliphatic carbocycles. The number of hydrazine groups is 1. The van der Waals surface area contributed by atoms with Crippen molar-refractivity contribution in [3.8, 4) is 5.75 Å². The van der Waals surface area contributed by atoms with Crippen molar-refractivity contribution in [3.63, 3.8) is 0 Å². The second-order valence-corrected chi connectivity index (χ2v) is 8.53. The van der Waals surface area contributed by atoms with E-state index in [1.54, 1.807) is 43.3 Å². The number of benzene rings is 2. The summed E-state index contributed by atoms with van der Waals surface area (Å²) >= 11 is 0. The second-order valence-electron chi connectivity index (χ2n) is 6.88. The lowest BCUT2D eigenvalue weighted by molar-refractivity contribution is 0.0945. The fourth-order valence-electron chi connectivity index (χ4n) is 2.46. The lowest BCUT2D eigenvalue weighted by Gasteiger charge is -2.11. The van der Waals surface area contributed by atoms with Crippen molar-refractivity contribution in [2.45, 2.75) is 39.0 Å². The molecule has 0 unspecified atom stereocenters. The fraction of sp³-hybridized carbons (Fsp3) is 0.350. The van der Waals surface area contributed by atoms with E-state index in [-0.39, 0.29) is 4.90 Å². The maximum atomic E-state index is 12.4. The van der Waals surface area contributed by atoms with E-state index >= 15 is 0 Å². The Hall–Kier alpha value is -2.38. The highest BCUT2D eigenvalue weighted by molar-refractivity contribution is 7.89. The average molecular weight is 391 g/mol. The van der Waals surface area contributed by atoms with E-state index in [1.165, 1.54) is 6.07 Å². The van der Waals surface area contributed by atoms with Crippen LogP contribution in [0.3, 0.4) is 0 Å². The van der Waals surface area contributed by atoms with Crippen LogP contribution in [0.25, 0.3) is 0 Å². The normalized spacial score (nSPS) is 11.4. The van der Waals surface area contributed by atoms with Gasteiger partial charge in [-0.2, -0.15) is 0 Å². The van der Waals surface area contributed by atoms with Crippen LogP contribution in [-0.2, 0) is 10.0 Å². The summed E-state index contributed by atoms with van der Waals surface area (Å²) in [5.41, 5.74) is 4.14. The zero-order valence-electron chi connectivity index (χ0n) is 16.1. The molecule has 7 heteroatoms. The van der Waals surface area contributed by atoms with Crippen LogP contribution >= 0.6 is 0 Å². The molecule has 146 valence electrons. The second kappa shape index (κ2) is 9.01. The molecule has 2 aromatic rings. The summed E-state index contributed by atoms with van der Waals surface area (Å²) in [6, 6.07) is 11.6. The number of sulfonamides is 1. The molecule has 2 N–H and O–H groups in total. The summed E-state index contributed by atoms with van der Waals surface area (Å²) in [4.78, 5) is 14.5. The van der Waals surface area contributed by atoms with E-state index in [0.29, 0.717) is 29.4 Å². The van der Waals surface area contributed by atoms with Gasteiger partial charge < -0.3 is 4.74 Å². The molecule has 2 rings (SSSR count). The predicted molar refractivity (Wildman–Crippen MR) is 105 cm³/mol. The molecule has 6 nitrogen and oxygen atoms in total. The van der Waals surface area contributed by atoms with E-state index in [2.05, 4.69) is 24.1 Å². The van der Waals surface area contributed by atoms with Crippen LogP contribution in [0.4, 0.5) is 0 Å². The van der Waals surface area contributed by atoms with Gasteiger partial charge in [0.05, 0.1) is 11.5 Å². The lowest BCUT2D eigenvalue weighted by atomic mass is 10.1. The van der Waals surface area contributed by atoms with E-state index in [4.69, 9.17) is 4.74 Å². The van der Waals surface area contributed by atoms with Gasteiger partial charge in [0.25, 0.3) is 15.9 Å². The van der Waals surface area contributed by atoms with Gasteiger partial charge in [-0.15, -0.1) is 4.83 Å². The molecule has 0 aromatic heterocycles. The molecule has 0 aliphatic rings. The van der Waals surface area contributed by atoms with Gasteiger partial charge in [0, 0.05) is 5.56 Å². The Balaban J connectivity index is 1.96. The number of carbonyl (C=O) groups excluding carboxylic acids is 1.